The Labute approximate surface area is 440 Å². The molecule has 0 spiro atoms. The van der Waals surface area contributed by atoms with E-state index in [9.17, 15) is 19.2 Å². The third kappa shape index (κ3) is 10.4. The second kappa shape index (κ2) is 21.2. The first kappa shape index (κ1) is 51.3. The second-order valence-electron chi connectivity index (χ2n) is 20.5. The molecular formula is C52H60ClFN10O6S3. The molecule has 0 saturated carbocycles. The Morgan fingerprint density at radius 1 is 1.01 bits per heavy atom. The number of nitrogens with zero attached hydrogens (tertiary/aromatic N) is 6. The van der Waals surface area contributed by atoms with E-state index in [4.69, 9.17) is 31.8 Å². The molecule has 16 nitrogen and oxygen atoms in total. The van der Waals surface area contributed by atoms with Crippen molar-refractivity contribution in [1.29, 1.82) is 0 Å². The van der Waals surface area contributed by atoms with Crippen LogP contribution in [-0.2, 0) is 23.9 Å². The summed E-state index contributed by atoms with van der Waals surface area (Å²) in [6.45, 7) is 12.1. The summed E-state index contributed by atoms with van der Waals surface area (Å²) in [5.74, 6) is -0.211. The molecule has 386 valence electrons. The summed E-state index contributed by atoms with van der Waals surface area (Å²) in [5.41, 5.74) is 12.3. The SMILES string of the molecule is Cc1ncsc1-c1ccc([C@H](C)NC(=O)[C@@H]2CCCN2C(=O)[C@@H](NC(=O)CCOCCOC[C@H]2CSc3c(-c4ccc(F)c5sc(N)nc45)c(Cl)cc4c(N5CC6CCC(C5)N6)nc(=O)n2c34)C(C)(C)C)cc1. The van der Waals surface area contributed by atoms with Gasteiger partial charge in [-0.15, -0.1) is 23.1 Å². The molecule has 3 aromatic carbocycles. The molecule has 3 saturated heterocycles. The molecule has 3 aromatic heterocycles. The zero-order valence-electron chi connectivity index (χ0n) is 41.5. The zero-order chi connectivity index (χ0) is 51.3. The lowest BCUT2D eigenvalue weighted by atomic mass is 9.85. The van der Waals surface area contributed by atoms with Gasteiger partial charge in [0.05, 0.1) is 75.3 Å². The van der Waals surface area contributed by atoms with Gasteiger partial charge in [0.1, 0.15) is 23.7 Å². The molecule has 2 bridgehead atoms. The summed E-state index contributed by atoms with van der Waals surface area (Å²) in [4.78, 5) is 74.9. The van der Waals surface area contributed by atoms with E-state index in [-0.39, 0.29) is 67.8 Å². The number of nitrogens with one attached hydrogen (secondary N) is 3. The highest BCUT2D eigenvalue weighted by Gasteiger charge is 2.42. The number of hydrogen-bond donors (Lipinski definition) is 4. The van der Waals surface area contributed by atoms with Gasteiger partial charge in [0.25, 0.3) is 0 Å². The number of thiazole rings is 2. The van der Waals surface area contributed by atoms with E-state index in [0.717, 1.165) is 69.2 Å². The van der Waals surface area contributed by atoms with E-state index >= 15 is 4.39 Å². The highest BCUT2D eigenvalue weighted by Crippen LogP contribution is 2.50. The second-order valence-corrected chi connectivity index (χ2v) is 23.8. The minimum atomic E-state index is -0.865. The van der Waals surface area contributed by atoms with Crippen molar-refractivity contribution in [3.8, 4) is 21.6 Å². The maximum atomic E-state index is 15.0. The van der Waals surface area contributed by atoms with Crippen LogP contribution in [0.4, 0.5) is 15.3 Å². The molecule has 73 heavy (non-hydrogen) atoms. The number of nitrogen functional groups attached to an aromatic ring is 1. The summed E-state index contributed by atoms with van der Waals surface area (Å²) < 4.78 is 29.1. The molecule has 3 fully saturated rings. The van der Waals surface area contributed by atoms with Crippen molar-refractivity contribution in [2.45, 2.75) is 108 Å². The van der Waals surface area contributed by atoms with Crippen molar-refractivity contribution in [3.63, 3.8) is 0 Å². The van der Waals surface area contributed by atoms with E-state index < -0.39 is 29.0 Å². The van der Waals surface area contributed by atoms with Crippen molar-refractivity contribution < 1.29 is 28.2 Å². The number of piperazine rings is 1. The van der Waals surface area contributed by atoms with Crippen LogP contribution in [0.5, 0.6) is 0 Å². The summed E-state index contributed by atoms with van der Waals surface area (Å²) in [7, 11) is 0. The third-order valence-electron chi connectivity index (χ3n) is 14.4. The van der Waals surface area contributed by atoms with Gasteiger partial charge in [-0.25, -0.2) is 19.2 Å². The Morgan fingerprint density at radius 3 is 2.49 bits per heavy atom. The van der Waals surface area contributed by atoms with Gasteiger partial charge in [0.2, 0.25) is 17.7 Å². The number of carbonyl (C=O) groups is 3. The first-order valence-corrected chi connectivity index (χ1v) is 27.9. The molecule has 2 unspecified atom stereocenters. The Morgan fingerprint density at radius 2 is 1.77 bits per heavy atom. The summed E-state index contributed by atoms with van der Waals surface area (Å²) >= 11 is 11.4. The van der Waals surface area contributed by atoms with Gasteiger partial charge < -0.3 is 41.0 Å². The summed E-state index contributed by atoms with van der Waals surface area (Å²) in [6, 6.07) is 11.4. The Hall–Kier alpha value is -5.22. The van der Waals surface area contributed by atoms with Crippen LogP contribution in [-0.4, -0.2) is 118 Å². The van der Waals surface area contributed by atoms with Gasteiger partial charge in [-0.1, -0.05) is 68.0 Å². The third-order valence-corrected chi connectivity index (χ3v) is 17.8. The number of thioether (sulfide) groups is 1. The topological polar surface area (TPSA) is 199 Å². The molecule has 5 N–H and O–H groups in total. The lowest BCUT2D eigenvalue weighted by Crippen LogP contribution is -2.57. The molecule has 4 aliphatic heterocycles. The average molecular weight is 1070 g/mol. The van der Waals surface area contributed by atoms with Crippen LogP contribution >= 0.6 is 46.0 Å². The number of nitrogens with two attached hydrogens (primary N) is 1. The van der Waals surface area contributed by atoms with Crippen molar-refractivity contribution >= 4 is 95.8 Å². The molecule has 10 rings (SSSR count). The van der Waals surface area contributed by atoms with Crippen molar-refractivity contribution in [2.24, 2.45) is 5.41 Å². The number of fused-ring (bicyclic) bond motifs is 3. The number of aromatic nitrogens is 4. The first-order valence-electron chi connectivity index (χ1n) is 24.9. The molecule has 6 atom stereocenters. The van der Waals surface area contributed by atoms with Crippen LogP contribution in [0.2, 0.25) is 5.02 Å². The minimum Gasteiger partial charge on any atom is -0.379 e. The van der Waals surface area contributed by atoms with Gasteiger partial charge >= 0.3 is 5.69 Å². The van der Waals surface area contributed by atoms with Gasteiger partial charge in [0, 0.05) is 65.3 Å². The fraction of sp³-hybridized carbons (Fsp3) is 0.481. The molecule has 21 heteroatoms. The van der Waals surface area contributed by atoms with E-state index in [1.807, 2.05) is 70.5 Å². The molecule has 4 aliphatic rings. The number of likely N-dealkylation sites (tertiary alicyclic amines) is 1. The molecule has 3 amide bonds. The number of rotatable bonds is 16. The number of aryl methyl sites for hydroxylation is 1. The lowest BCUT2D eigenvalue weighted by Gasteiger charge is -2.36. The first-order chi connectivity index (χ1) is 35.0. The monoisotopic (exact) mass is 1070 g/mol. The summed E-state index contributed by atoms with van der Waals surface area (Å²) in [5, 5.41) is 11.2. The van der Waals surface area contributed by atoms with Gasteiger partial charge in [0.15, 0.2) is 5.13 Å². The van der Waals surface area contributed by atoms with E-state index in [2.05, 4.69) is 30.8 Å². The largest absolute Gasteiger partial charge is 0.379 e. The average Bonchev–Trinajstić information content (AvgIpc) is 4.19. The zero-order valence-corrected chi connectivity index (χ0v) is 44.7. The quantitative estimate of drug-likeness (QED) is 0.0684. The fourth-order valence-electron chi connectivity index (χ4n) is 10.7. The van der Waals surface area contributed by atoms with Crippen molar-refractivity contribution in [1.82, 2.24) is 40.4 Å². The normalized spacial score (nSPS) is 20.5. The summed E-state index contributed by atoms with van der Waals surface area (Å²) in [6.07, 6.45) is 3.34. The molecule has 6 aromatic rings. The molecule has 0 aliphatic carbocycles. The lowest BCUT2D eigenvalue weighted by molar-refractivity contribution is -0.144. The smallest absolute Gasteiger partial charge is 0.350 e. The predicted octanol–water partition coefficient (Wildman–Crippen LogP) is 7.89. The fourth-order valence-corrected chi connectivity index (χ4v) is 13.9. The minimum absolute atomic E-state index is 0.0113. The van der Waals surface area contributed by atoms with Crippen LogP contribution in [0.15, 0.2) is 57.7 Å². The molecule has 0 radical (unpaired) electrons. The van der Waals surface area contributed by atoms with Crippen LogP contribution in [0, 0.1) is 18.2 Å². The van der Waals surface area contributed by atoms with Crippen LogP contribution in [0.1, 0.15) is 83.1 Å². The molecular weight excluding hydrogens is 1010 g/mol. The predicted molar refractivity (Wildman–Crippen MR) is 287 cm³/mol. The Balaban J connectivity index is 0.756. The van der Waals surface area contributed by atoms with Crippen LogP contribution in [0.25, 0.3) is 42.7 Å². The number of ether oxygens (including phenoxy) is 2. The maximum absolute atomic E-state index is 15.0. The van der Waals surface area contributed by atoms with Gasteiger partial charge in [-0.2, -0.15) is 4.98 Å². The van der Waals surface area contributed by atoms with E-state index in [0.29, 0.717) is 74.9 Å². The number of anilines is 2. The number of carbonyl (C=O) groups excluding carboxylic acids is 3. The van der Waals surface area contributed by atoms with Crippen molar-refractivity contribution in [2.75, 3.05) is 62.4 Å². The number of halogens is 2. The Bertz CT molecular complexity index is 3130. The number of benzene rings is 3. The highest BCUT2D eigenvalue weighted by atomic mass is 35.5. The number of amides is 3. The Kier molecular flexibility index (Phi) is 14.9. The van der Waals surface area contributed by atoms with Crippen LogP contribution < -0.4 is 32.3 Å². The van der Waals surface area contributed by atoms with Gasteiger partial charge in [-0.3, -0.25) is 19.0 Å². The van der Waals surface area contributed by atoms with E-state index in [1.54, 1.807) is 38.6 Å². The highest BCUT2D eigenvalue weighted by molar-refractivity contribution is 7.99. The van der Waals surface area contributed by atoms with E-state index in [1.165, 1.54) is 6.07 Å². The number of hydrogen-bond acceptors (Lipinski definition) is 15. The molecule has 7 heterocycles. The van der Waals surface area contributed by atoms with Gasteiger partial charge in [-0.05, 0) is 74.3 Å². The van der Waals surface area contributed by atoms with Crippen molar-refractivity contribution in [3.05, 3.63) is 80.6 Å². The maximum Gasteiger partial charge on any atom is 0.350 e. The standard InChI is InChI=1S/C52H60ClFN10O6S3/c1-27(29-8-10-30(11-9-29)43-28(2)56-26-72-43)57-48(66)38-7-6-17-63(38)49(67)46(52(3,4)5)59-39(65)16-18-69-19-20-70-24-33-25-71-45-40(34-14-15-37(54)44-41(34)60-50(55)73-44)36(53)21-35-42(45)64(33)51(68)61-47(35)62-22-31-12-13-32(23-62)58-31/h8-11,14-15,21,26-27,31-33,38,46,58H,6-7,12-13,16-20,22-25H2,1-5H3,(H2,55,60)(H,57,66)(H,59,65)/t27-,31?,32?,33-,38-,46+/m0/s1. The van der Waals surface area contributed by atoms with Crippen LogP contribution in [0.3, 0.4) is 0 Å².